The van der Waals surface area contributed by atoms with Gasteiger partial charge in [-0.2, -0.15) is 0 Å². The van der Waals surface area contributed by atoms with Crippen molar-refractivity contribution in [3.63, 3.8) is 0 Å². The molecule has 1 heterocycles. The molecule has 0 spiro atoms. The Morgan fingerprint density at radius 1 is 1.10 bits per heavy atom. The molecule has 21 heavy (non-hydrogen) atoms. The average molecular weight is 295 g/mol. The van der Waals surface area contributed by atoms with Crippen LogP contribution in [0.25, 0.3) is 0 Å². The topological polar surface area (TPSA) is 29.5 Å². The zero-order valence-corrected chi connectivity index (χ0v) is 14.1. The Balaban J connectivity index is 1.75. The van der Waals surface area contributed by atoms with Crippen molar-refractivity contribution in [3.05, 3.63) is 0 Å². The van der Waals surface area contributed by atoms with Crippen LogP contribution < -0.4 is 0 Å². The molecule has 1 saturated heterocycles. The van der Waals surface area contributed by atoms with Crippen LogP contribution in [-0.4, -0.2) is 36.6 Å². The van der Waals surface area contributed by atoms with E-state index in [2.05, 4.69) is 20.8 Å². The summed E-state index contributed by atoms with van der Waals surface area (Å²) >= 11 is 0. The minimum absolute atomic E-state index is 0.206. The van der Waals surface area contributed by atoms with Crippen LogP contribution in [0, 0.1) is 17.8 Å². The molecule has 0 aromatic rings. The Morgan fingerprint density at radius 2 is 1.86 bits per heavy atom. The molecule has 0 radical (unpaired) electrons. The highest BCUT2D eigenvalue weighted by atomic mass is 16.5. The van der Waals surface area contributed by atoms with Crippen molar-refractivity contribution in [1.29, 1.82) is 0 Å². The maximum atomic E-state index is 12.4. The van der Waals surface area contributed by atoms with Gasteiger partial charge in [0, 0.05) is 13.1 Å². The number of hydrogen-bond acceptors (Lipinski definition) is 2. The second-order valence-corrected chi connectivity index (χ2v) is 7.43. The lowest BCUT2D eigenvalue weighted by Gasteiger charge is -2.29. The molecule has 0 bridgehead atoms. The van der Waals surface area contributed by atoms with Gasteiger partial charge in [0.05, 0.1) is 6.10 Å². The number of hydrogen-bond donors (Lipinski definition) is 0. The normalized spacial score (nSPS) is 31.2. The Labute approximate surface area is 130 Å². The number of nitrogens with zero attached hydrogens (tertiary/aromatic N) is 1. The molecule has 1 saturated carbocycles. The molecule has 2 rings (SSSR count). The molecule has 1 amide bonds. The number of carbonyl (C=O) groups excluding carboxylic acids is 1. The highest BCUT2D eigenvalue weighted by Crippen LogP contribution is 2.27. The van der Waals surface area contributed by atoms with Gasteiger partial charge in [0.15, 0.2) is 0 Å². The molecule has 0 N–H and O–H groups in total. The number of carbonyl (C=O) groups is 1. The van der Waals surface area contributed by atoms with Gasteiger partial charge >= 0.3 is 0 Å². The molecule has 0 aromatic heterocycles. The molecular weight excluding hydrogens is 262 g/mol. The fourth-order valence-corrected chi connectivity index (χ4v) is 3.84. The van der Waals surface area contributed by atoms with Crippen LogP contribution in [0.15, 0.2) is 0 Å². The number of rotatable bonds is 4. The molecule has 2 fully saturated rings. The van der Waals surface area contributed by atoms with E-state index in [0.717, 1.165) is 44.2 Å². The van der Waals surface area contributed by atoms with E-state index in [-0.39, 0.29) is 5.91 Å². The van der Waals surface area contributed by atoms with E-state index in [0.29, 0.717) is 18.6 Å². The third-order valence-electron chi connectivity index (χ3n) is 5.52. The van der Waals surface area contributed by atoms with Crippen molar-refractivity contribution in [3.8, 4) is 0 Å². The molecule has 1 aliphatic heterocycles. The van der Waals surface area contributed by atoms with Gasteiger partial charge < -0.3 is 9.64 Å². The minimum Gasteiger partial charge on any atom is -0.368 e. The zero-order valence-electron chi connectivity index (χ0n) is 14.1. The van der Waals surface area contributed by atoms with Crippen LogP contribution in [0.5, 0.6) is 0 Å². The van der Waals surface area contributed by atoms with Crippen molar-refractivity contribution in [2.24, 2.45) is 17.8 Å². The van der Waals surface area contributed by atoms with E-state index in [9.17, 15) is 4.79 Å². The molecule has 2 aliphatic rings. The summed E-state index contributed by atoms with van der Waals surface area (Å²) in [5.41, 5.74) is 0. The van der Waals surface area contributed by atoms with Crippen LogP contribution in [0.4, 0.5) is 0 Å². The van der Waals surface area contributed by atoms with Gasteiger partial charge in [-0.1, -0.05) is 33.6 Å². The van der Waals surface area contributed by atoms with Gasteiger partial charge in [-0.25, -0.2) is 0 Å². The lowest BCUT2D eigenvalue weighted by molar-refractivity contribution is -0.140. The van der Waals surface area contributed by atoms with Crippen molar-refractivity contribution >= 4 is 5.91 Å². The largest absolute Gasteiger partial charge is 0.368 e. The lowest BCUT2D eigenvalue weighted by Crippen LogP contribution is -2.37. The third-order valence-corrected chi connectivity index (χ3v) is 5.52. The summed E-state index contributed by atoms with van der Waals surface area (Å²) in [6, 6.07) is 0. The summed E-state index contributed by atoms with van der Waals surface area (Å²) in [5, 5.41) is 0. The highest BCUT2D eigenvalue weighted by Gasteiger charge is 2.25. The maximum absolute atomic E-state index is 12.4. The zero-order chi connectivity index (χ0) is 15.2. The van der Waals surface area contributed by atoms with Gasteiger partial charge in [-0.05, 0) is 49.9 Å². The van der Waals surface area contributed by atoms with Gasteiger partial charge in [-0.15, -0.1) is 0 Å². The second kappa shape index (κ2) is 8.17. The van der Waals surface area contributed by atoms with Crippen molar-refractivity contribution in [2.45, 2.75) is 71.8 Å². The minimum atomic E-state index is 0.206. The van der Waals surface area contributed by atoms with Crippen molar-refractivity contribution < 1.29 is 9.53 Å². The predicted octanol–water partition coefficient (Wildman–Crippen LogP) is 3.87. The summed E-state index contributed by atoms with van der Waals surface area (Å²) in [7, 11) is 0. The third kappa shape index (κ3) is 4.98. The van der Waals surface area contributed by atoms with Gasteiger partial charge in [0.2, 0.25) is 5.91 Å². The molecular formula is C18H33NO2. The average Bonchev–Trinajstić information content (AvgIpc) is 2.72. The maximum Gasteiger partial charge on any atom is 0.248 e. The number of likely N-dealkylation sites (tertiary alicyclic amines) is 1. The van der Waals surface area contributed by atoms with Crippen LogP contribution in [0.3, 0.4) is 0 Å². The number of ether oxygens (including phenoxy) is 1. The van der Waals surface area contributed by atoms with Crippen molar-refractivity contribution in [1.82, 2.24) is 4.90 Å². The SMILES string of the molecule is CC(C)C1CCCN(C(=O)COC2CCCCC2C)CC1. The van der Waals surface area contributed by atoms with E-state index in [1.807, 2.05) is 4.90 Å². The molecule has 3 unspecified atom stereocenters. The Morgan fingerprint density at radius 3 is 2.57 bits per heavy atom. The Kier molecular flexibility index (Phi) is 6.53. The second-order valence-electron chi connectivity index (χ2n) is 7.43. The van der Waals surface area contributed by atoms with E-state index in [4.69, 9.17) is 4.74 Å². The first-order valence-corrected chi connectivity index (χ1v) is 8.97. The molecule has 3 atom stereocenters. The number of amides is 1. The summed E-state index contributed by atoms with van der Waals surface area (Å²) in [5.74, 6) is 2.33. The first-order valence-electron chi connectivity index (χ1n) is 8.97. The van der Waals surface area contributed by atoms with Crippen LogP contribution in [-0.2, 0) is 9.53 Å². The van der Waals surface area contributed by atoms with Crippen LogP contribution in [0.2, 0.25) is 0 Å². The Hall–Kier alpha value is -0.570. The van der Waals surface area contributed by atoms with E-state index < -0.39 is 0 Å². The summed E-state index contributed by atoms with van der Waals surface area (Å²) in [6.45, 7) is 9.00. The van der Waals surface area contributed by atoms with Gasteiger partial charge in [0.1, 0.15) is 6.61 Å². The predicted molar refractivity (Wildman–Crippen MR) is 86.1 cm³/mol. The molecule has 122 valence electrons. The monoisotopic (exact) mass is 295 g/mol. The fourth-order valence-electron chi connectivity index (χ4n) is 3.84. The first-order chi connectivity index (χ1) is 10.1. The van der Waals surface area contributed by atoms with E-state index in [1.54, 1.807) is 0 Å². The van der Waals surface area contributed by atoms with Gasteiger partial charge in [-0.3, -0.25) is 4.79 Å². The summed E-state index contributed by atoms with van der Waals surface area (Å²) < 4.78 is 5.93. The lowest BCUT2D eigenvalue weighted by atomic mass is 9.88. The molecule has 3 heteroatoms. The smallest absolute Gasteiger partial charge is 0.248 e. The standard InChI is InChI=1S/C18H33NO2/c1-14(2)16-8-6-11-19(12-10-16)18(20)13-21-17-9-5-4-7-15(17)3/h14-17H,4-13H2,1-3H3. The molecule has 3 nitrogen and oxygen atoms in total. The van der Waals surface area contributed by atoms with Crippen molar-refractivity contribution in [2.75, 3.05) is 19.7 Å². The first kappa shape index (κ1) is 16.8. The Bertz CT molecular complexity index is 329. The quantitative estimate of drug-likeness (QED) is 0.788. The van der Waals surface area contributed by atoms with E-state index in [1.165, 1.54) is 25.7 Å². The summed E-state index contributed by atoms with van der Waals surface area (Å²) in [6.07, 6.45) is 8.82. The molecule has 0 aromatic carbocycles. The van der Waals surface area contributed by atoms with Crippen LogP contribution in [0.1, 0.15) is 65.7 Å². The summed E-state index contributed by atoms with van der Waals surface area (Å²) in [4.78, 5) is 14.4. The molecule has 1 aliphatic carbocycles. The van der Waals surface area contributed by atoms with Gasteiger partial charge in [0.25, 0.3) is 0 Å². The van der Waals surface area contributed by atoms with E-state index >= 15 is 0 Å². The fraction of sp³-hybridized carbons (Fsp3) is 0.944. The highest BCUT2D eigenvalue weighted by molar-refractivity contribution is 5.77. The van der Waals surface area contributed by atoms with Crippen LogP contribution >= 0.6 is 0 Å².